The minimum atomic E-state index is -0.419. The zero-order chi connectivity index (χ0) is 16.8. The van der Waals surface area contributed by atoms with Crippen LogP contribution < -0.4 is 11.1 Å². The zero-order valence-corrected chi connectivity index (χ0v) is 13.8. The molecule has 122 valence electrons. The lowest BCUT2D eigenvalue weighted by Crippen LogP contribution is -2.33. The van der Waals surface area contributed by atoms with Crippen molar-refractivity contribution in [1.82, 2.24) is 29.4 Å². The third kappa shape index (κ3) is 2.43. The summed E-state index contributed by atoms with van der Waals surface area (Å²) in [5.41, 5.74) is 0.0322. The Labute approximate surface area is 132 Å². The third-order valence-corrected chi connectivity index (χ3v) is 3.75. The minimum Gasteiger partial charge on any atom is -0.312 e. The molecule has 3 rings (SSSR count). The van der Waals surface area contributed by atoms with Gasteiger partial charge in [-0.15, -0.1) is 5.10 Å². The largest absolute Gasteiger partial charge is 0.312 e. The molecule has 0 unspecified atom stereocenters. The van der Waals surface area contributed by atoms with Gasteiger partial charge in [-0.2, -0.15) is 9.61 Å². The lowest BCUT2D eigenvalue weighted by atomic mass is 9.93. The van der Waals surface area contributed by atoms with Crippen LogP contribution in [0.3, 0.4) is 0 Å². The van der Waals surface area contributed by atoms with Gasteiger partial charge >= 0.3 is 0 Å². The smallest absolute Gasteiger partial charge is 0.296 e. The van der Waals surface area contributed by atoms with E-state index in [4.69, 9.17) is 0 Å². The first kappa shape index (κ1) is 15.4. The second-order valence-corrected chi connectivity index (χ2v) is 6.65. The molecule has 0 aliphatic heterocycles. The highest BCUT2D eigenvalue weighted by Gasteiger charge is 2.25. The van der Waals surface area contributed by atoms with Crippen LogP contribution in [-0.4, -0.2) is 29.4 Å². The monoisotopic (exact) mass is 316 g/mol. The molecule has 0 spiro atoms. The number of hydrogen-bond acceptors (Lipinski definition) is 5. The summed E-state index contributed by atoms with van der Waals surface area (Å²) in [6.07, 6.45) is 3.15. The van der Waals surface area contributed by atoms with Crippen molar-refractivity contribution >= 4 is 16.7 Å². The highest BCUT2D eigenvalue weighted by molar-refractivity contribution is 5.88. The topological polar surface area (TPSA) is 97.9 Å². The Kier molecular flexibility index (Phi) is 3.54. The van der Waals surface area contributed by atoms with Crippen LogP contribution in [0, 0.1) is 0 Å². The maximum absolute atomic E-state index is 12.8. The van der Waals surface area contributed by atoms with E-state index in [1.54, 1.807) is 4.68 Å². The molecule has 3 aromatic rings. The van der Waals surface area contributed by atoms with Crippen molar-refractivity contribution in [2.75, 3.05) is 0 Å². The van der Waals surface area contributed by atoms with E-state index in [2.05, 4.69) is 27.1 Å². The number of H-pyrrole nitrogens is 1. The average Bonchev–Trinajstić information content (AvgIpc) is 2.87. The molecule has 0 aliphatic carbocycles. The van der Waals surface area contributed by atoms with Crippen molar-refractivity contribution in [3.63, 3.8) is 0 Å². The van der Waals surface area contributed by atoms with Crippen molar-refractivity contribution in [3.05, 3.63) is 32.7 Å². The van der Waals surface area contributed by atoms with Crippen molar-refractivity contribution in [3.8, 4) is 0 Å². The summed E-state index contributed by atoms with van der Waals surface area (Å²) in [6, 6.07) is 0. The summed E-state index contributed by atoms with van der Waals surface area (Å²) in [7, 11) is 0. The molecule has 0 radical (unpaired) electrons. The second kappa shape index (κ2) is 5.29. The number of nitrogens with one attached hydrogen (secondary N) is 1. The minimum absolute atomic E-state index is 0.254. The quantitative estimate of drug-likeness (QED) is 0.783. The van der Waals surface area contributed by atoms with Crippen LogP contribution in [-0.2, 0) is 12.0 Å². The maximum atomic E-state index is 12.8. The van der Waals surface area contributed by atoms with Crippen molar-refractivity contribution in [2.24, 2.45) is 0 Å². The van der Waals surface area contributed by atoms with Gasteiger partial charge < -0.3 is 4.98 Å². The first-order valence-electron chi connectivity index (χ1n) is 7.72. The number of aromatic nitrogens is 6. The van der Waals surface area contributed by atoms with E-state index in [1.165, 1.54) is 10.8 Å². The molecular formula is C15H20N6O2. The van der Waals surface area contributed by atoms with Gasteiger partial charge in [0.2, 0.25) is 0 Å². The van der Waals surface area contributed by atoms with Crippen LogP contribution in [0.25, 0.3) is 16.7 Å². The summed E-state index contributed by atoms with van der Waals surface area (Å²) >= 11 is 0. The Bertz CT molecular complexity index is 989. The van der Waals surface area contributed by atoms with Gasteiger partial charge in [0.25, 0.3) is 11.1 Å². The van der Waals surface area contributed by atoms with E-state index in [9.17, 15) is 9.59 Å². The van der Waals surface area contributed by atoms with Crippen LogP contribution in [0.15, 0.2) is 15.9 Å². The molecule has 0 aromatic carbocycles. The standard InChI is InChI=1S/C15H20N6O2/c1-5-6-7-20-13-9-11(16-8-17-12(9)22)19-21(13)14(23)10(18-20)15(2,3)4/h8H,5-7H2,1-4H3,(H,16,17,19,22). The predicted molar refractivity (Wildman–Crippen MR) is 86.8 cm³/mol. The molecule has 0 saturated heterocycles. The van der Waals surface area contributed by atoms with Crippen LogP contribution >= 0.6 is 0 Å². The number of rotatable bonds is 3. The fourth-order valence-electron chi connectivity index (χ4n) is 2.54. The third-order valence-electron chi connectivity index (χ3n) is 3.75. The molecule has 0 fully saturated rings. The number of nitrogens with zero attached hydrogens (tertiary/aromatic N) is 5. The van der Waals surface area contributed by atoms with E-state index in [0.717, 1.165) is 12.8 Å². The molecular weight excluding hydrogens is 296 g/mol. The first-order valence-corrected chi connectivity index (χ1v) is 7.72. The molecule has 3 heterocycles. The number of unbranched alkanes of at least 4 members (excludes halogenated alkanes) is 1. The van der Waals surface area contributed by atoms with E-state index in [0.29, 0.717) is 23.3 Å². The van der Waals surface area contributed by atoms with Gasteiger partial charge in [0.15, 0.2) is 11.3 Å². The molecule has 0 atom stereocenters. The van der Waals surface area contributed by atoms with Gasteiger partial charge in [-0.05, 0) is 6.42 Å². The van der Waals surface area contributed by atoms with Crippen LogP contribution in [0.2, 0.25) is 0 Å². The molecule has 0 saturated carbocycles. The fraction of sp³-hybridized carbons (Fsp3) is 0.533. The normalized spacial score (nSPS) is 12.3. The molecule has 23 heavy (non-hydrogen) atoms. The van der Waals surface area contributed by atoms with Crippen LogP contribution in [0.1, 0.15) is 46.2 Å². The number of hydrogen-bond donors (Lipinski definition) is 1. The van der Waals surface area contributed by atoms with Gasteiger partial charge in [0.1, 0.15) is 11.1 Å². The molecule has 0 aliphatic rings. The lowest BCUT2D eigenvalue weighted by Gasteiger charge is -2.18. The van der Waals surface area contributed by atoms with E-state index < -0.39 is 5.41 Å². The van der Waals surface area contributed by atoms with Crippen molar-refractivity contribution < 1.29 is 0 Å². The van der Waals surface area contributed by atoms with Gasteiger partial charge in [0.05, 0.1) is 6.33 Å². The van der Waals surface area contributed by atoms with Gasteiger partial charge in [-0.3, -0.25) is 9.59 Å². The summed E-state index contributed by atoms with van der Waals surface area (Å²) in [5.74, 6) is 0. The fourth-order valence-corrected chi connectivity index (χ4v) is 2.54. The summed E-state index contributed by atoms with van der Waals surface area (Å²) in [4.78, 5) is 31.6. The van der Waals surface area contributed by atoms with E-state index in [1.807, 2.05) is 20.8 Å². The SMILES string of the molecule is CCCCn1nc(C(C)(C)C)c(=O)n2nc3nc[nH]c(=O)c3c12. The Morgan fingerprint density at radius 1 is 1.22 bits per heavy atom. The molecule has 8 nitrogen and oxygen atoms in total. The summed E-state index contributed by atoms with van der Waals surface area (Å²) < 4.78 is 2.97. The van der Waals surface area contributed by atoms with Crippen LogP contribution in [0.4, 0.5) is 0 Å². The maximum Gasteiger partial charge on any atom is 0.296 e. The number of aromatic amines is 1. The highest BCUT2D eigenvalue weighted by atomic mass is 16.1. The number of fused-ring (bicyclic) bond motifs is 3. The molecule has 0 bridgehead atoms. The predicted octanol–water partition coefficient (Wildman–Crippen LogP) is 1.23. The Balaban J connectivity index is 2.49. The molecule has 3 aromatic heterocycles. The Morgan fingerprint density at radius 2 is 1.96 bits per heavy atom. The van der Waals surface area contributed by atoms with E-state index >= 15 is 0 Å². The molecule has 1 N–H and O–H groups in total. The lowest BCUT2D eigenvalue weighted by molar-refractivity contribution is 0.487. The van der Waals surface area contributed by atoms with Crippen molar-refractivity contribution in [1.29, 1.82) is 0 Å². The summed E-state index contributed by atoms with van der Waals surface area (Å²) in [6.45, 7) is 8.48. The second-order valence-electron chi connectivity index (χ2n) is 6.65. The van der Waals surface area contributed by atoms with Crippen LogP contribution in [0.5, 0.6) is 0 Å². The molecule has 0 amide bonds. The molecule has 8 heteroatoms. The summed E-state index contributed by atoms with van der Waals surface area (Å²) in [5, 5.41) is 9.07. The average molecular weight is 316 g/mol. The zero-order valence-electron chi connectivity index (χ0n) is 13.8. The highest BCUT2D eigenvalue weighted by Crippen LogP contribution is 2.19. The van der Waals surface area contributed by atoms with E-state index in [-0.39, 0.29) is 16.8 Å². The Morgan fingerprint density at radius 3 is 2.61 bits per heavy atom. The van der Waals surface area contributed by atoms with Crippen molar-refractivity contribution in [2.45, 2.75) is 52.5 Å². The van der Waals surface area contributed by atoms with Gasteiger partial charge in [-0.25, -0.2) is 9.67 Å². The number of aryl methyl sites for hydroxylation is 1. The first-order chi connectivity index (χ1) is 10.8. The van der Waals surface area contributed by atoms with Gasteiger partial charge in [-0.1, -0.05) is 34.1 Å². The Hall–Kier alpha value is -2.51. The van der Waals surface area contributed by atoms with Gasteiger partial charge in [0, 0.05) is 12.0 Å².